The van der Waals surface area contributed by atoms with Crippen molar-refractivity contribution in [3.63, 3.8) is 0 Å². The zero-order valence-electron chi connectivity index (χ0n) is 18.7. The second-order valence-corrected chi connectivity index (χ2v) is 7.63. The Morgan fingerprint density at radius 3 is 2.42 bits per heavy atom. The number of amides is 1. The van der Waals surface area contributed by atoms with Crippen LogP contribution in [0.2, 0.25) is 0 Å². The maximum absolute atomic E-state index is 12.3. The molecule has 2 aromatic carbocycles. The number of anilines is 4. The van der Waals surface area contributed by atoms with Crippen LogP contribution < -0.4 is 25.0 Å². The maximum atomic E-state index is 12.3. The van der Waals surface area contributed by atoms with E-state index in [1.54, 1.807) is 32.6 Å². The minimum Gasteiger partial charge on any atom is -0.493 e. The maximum Gasteiger partial charge on any atom is 0.248 e. The highest BCUT2D eigenvalue weighted by Crippen LogP contribution is 2.28. The fourth-order valence-corrected chi connectivity index (χ4v) is 3.66. The lowest BCUT2D eigenvalue weighted by molar-refractivity contribution is -0.111. The first-order valence-corrected chi connectivity index (χ1v) is 10.8. The summed E-state index contributed by atoms with van der Waals surface area (Å²) in [5.41, 5.74) is 3.47. The summed E-state index contributed by atoms with van der Waals surface area (Å²) in [5.74, 6) is 1.71. The Kier molecular flexibility index (Phi) is 7.04. The predicted molar refractivity (Wildman–Crippen MR) is 130 cm³/mol. The lowest BCUT2D eigenvalue weighted by Gasteiger charge is -2.17. The number of methoxy groups -OCH3 is 2. The molecule has 4 rings (SSSR count). The van der Waals surface area contributed by atoms with Crippen LogP contribution in [0.5, 0.6) is 11.5 Å². The van der Waals surface area contributed by atoms with Crippen molar-refractivity contribution in [2.75, 3.05) is 42.8 Å². The number of carbonyl (C=O) groups excluding carboxylic acids is 1. The second-order valence-electron chi connectivity index (χ2n) is 7.63. The van der Waals surface area contributed by atoms with E-state index in [0.717, 1.165) is 30.0 Å². The highest BCUT2D eigenvalue weighted by Gasteiger charge is 2.13. The lowest BCUT2D eigenvalue weighted by Crippen LogP contribution is -2.18. The van der Waals surface area contributed by atoms with E-state index in [1.807, 2.05) is 42.5 Å². The molecule has 0 aliphatic carbocycles. The monoisotopic (exact) mass is 445 g/mol. The zero-order valence-corrected chi connectivity index (χ0v) is 18.7. The molecule has 1 aliphatic heterocycles. The first-order valence-electron chi connectivity index (χ1n) is 10.8. The van der Waals surface area contributed by atoms with Crippen LogP contribution in [-0.4, -0.2) is 43.4 Å². The van der Waals surface area contributed by atoms with Gasteiger partial charge in [-0.3, -0.25) is 4.79 Å². The van der Waals surface area contributed by atoms with Crippen molar-refractivity contribution < 1.29 is 14.3 Å². The van der Waals surface area contributed by atoms with E-state index < -0.39 is 0 Å². The van der Waals surface area contributed by atoms with Crippen LogP contribution in [0.15, 0.2) is 60.8 Å². The first-order chi connectivity index (χ1) is 16.1. The number of aromatic nitrogens is 2. The van der Waals surface area contributed by atoms with E-state index in [9.17, 15) is 4.79 Å². The molecule has 0 radical (unpaired) electrons. The summed E-state index contributed by atoms with van der Waals surface area (Å²) in [7, 11) is 3.16. The number of hydrogen-bond acceptors (Lipinski definition) is 7. The molecule has 0 saturated carbocycles. The number of nitrogens with one attached hydrogen (secondary N) is 2. The quantitative estimate of drug-likeness (QED) is 0.494. The summed E-state index contributed by atoms with van der Waals surface area (Å²) in [4.78, 5) is 14.6. The van der Waals surface area contributed by atoms with E-state index in [0.29, 0.717) is 23.0 Å². The van der Waals surface area contributed by atoms with Gasteiger partial charge in [-0.2, -0.15) is 5.10 Å². The molecule has 1 amide bonds. The number of hydrogen-bond donors (Lipinski definition) is 2. The third kappa shape index (κ3) is 5.79. The molecule has 3 aromatic rings. The minimum atomic E-state index is -0.227. The minimum absolute atomic E-state index is 0.227. The third-order valence-electron chi connectivity index (χ3n) is 5.37. The average molecular weight is 446 g/mol. The van der Waals surface area contributed by atoms with E-state index >= 15 is 0 Å². The summed E-state index contributed by atoms with van der Waals surface area (Å²) in [6.45, 7) is 2.11. The summed E-state index contributed by atoms with van der Waals surface area (Å²) < 4.78 is 10.5. The predicted octanol–water partition coefficient (Wildman–Crippen LogP) is 4.49. The topological polar surface area (TPSA) is 88.6 Å². The summed E-state index contributed by atoms with van der Waals surface area (Å²) in [5, 5.41) is 14.4. The third-order valence-corrected chi connectivity index (χ3v) is 5.37. The van der Waals surface area contributed by atoms with E-state index in [-0.39, 0.29) is 5.91 Å². The van der Waals surface area contributed by atoms with Gasteiger partial charge in [0.2, 0.25) is 5.91 Å². The molecule has 0 spiro atoms. The molecule has 8 nitrogen and oxygen atoms in total. The lowest BCUT2D eigenvalue weighted by atomic mass is 10.2. The molecule has 1 fully saturated rings. The number of rotatable bonds is 8. The van der Waals surface area contributed by atoms with Gasteiger partial charge in [0.25, 0.3) is 0 Å². The standard InChI is InChI=1S/C25H27N5O3/c1-32-22-11-5-18(15-23(22)33-2)6-12-25(31)28-20-9-7-19(8-10-20)27-24-16-21(17-26-29-24)30-13-3-4-14-30/h5-12,15-17H,3-4,13-14H2,1-2H3,(H,27,29)(H,28,31)/b12-6+. The fraction of sp³-hybridized carbons (Fsp3) is 0.240. The highest BCUT2D eigenvalue weighted by molar-refractivity contribution is 6.02. The molecule has 1 saturated heterocycles. The highest BCUT2D eigenvalue weighted by atomic mass is 16.5. The summed E-state index contributed by atoms with van der Waals surface area (Å²) in [6, 6.07) is 14.9. The Hall–Kier alpha value is -4.07. The van der Waals surface area contributed by atoms with Gasteiger partial charge in [0, 0.05) is 36.6 Å². The van der Waals surface area contributed by atoms with Crippen molar-refractivity contribution in [1.29, 1.82) is 0 Å². The normalized spacial score (nSPS) is 13.2. The molecule has 170 valence electrons. The van der Waals surface area contributed by atoms with Gasteiger partial charge in [0.15, 0.2) is 17.3 Å². The van der Waals surface area contributed by atoms with E-state index in [2.05, 4.69) is 25.7 Å². The molecule has 33 heavy (non-hydrogen) atoms. The van der Waals surface area contributed by atoms with Crippen molar-refractivity contribution in [3.8, 4) is 11.5 Å². The van der Waals surface area contributed by atoms with Crippen molar-refractivity contribution in [1.82, 2.24) is 10.2 Å². The van der Waals surface area contributed by atoms with Crippen molar-refractivity contribution in [2.45, 2.75) is 12.8 Å². The molecule has 0 atom stereocenters. The Morgan fingerprint density at radius 1 is 0.970 bits per heavy atom. The molecule has 0 bridgehead atoms. The Labute approximate surface area is 193 Å². The SMILES string of the molecule is COc1ccc(/C=C/C(=O)Nc2ccc(Nc3cc(N4CCCC4)cnn3)cc2)cc1OC. The number of carbonyl (C=O) groups is 1. The average Bonchev–Trinajstić information content (AvgIpc) is 3.39. The van der Waals surface area contributed by atoms with Crippen LogP contribution in [-0.2, 0) is 4.79 Å². The fourth-order valence-electron chi connectivity index (χ4n) is 3.66. The zero-order chi connectivity index (χ0) is 23.0. The smallest absolute Gasteiger partial charge is 0.248 e. The van der Waals surface area contributed by atoms with Gasteiger partial charge in [-0.25, -0.2) is 0 Å². The Morgan fingerprint density at radius 2 is 1.70 bits per heavy atom. The van der Waals surface area contributed by atoms with Crippen molar-refractivity contribution in [2.24, 2.45) is 0 Å². The molecule has 2 heterocycles. The Bertz CT molecular complexity index is 1130. The molecule has 8 heteroatoms. The molecular formula is C25H27N5O3. The van der Waals surface area contributed by atoms with Crippen LogP contribution in [0.25, 0.3) is 6.08 Å². The van der Waals surface area contributed by atoms with E-state index in [1.165, 1.54) is 18.9 Å². The van der Waals surface area contributed by atoms with Crippen LogP contribution >= 0.6 is 0 Å². The van der Waals surface area contributed by atoms with Gasteiger partial charge in [0.05, 0.1) is 26.1 Å². The molecule has 2 N–H and O–H groups in total. The van der Waals surface area contributed by atoms with E-state index in [4.69, 9.17) is 9.47 Å². The first kappa shape index (κ1) is 22.1. The largest absolute Gasteiger partial charge is 0.493 e. The second kappa shape index (κ2) is 10.5. The van der Waals surface area contributed by atoms with Gasteiger partial charge >= 0.3 is 0 Å². The van der Waals surface area contributed by atoms with Crippen LogP contribution in [0.3, 0.4) is 0 Å². The number of nitrogens with zero attached hydrogens (tertiary/aromatic N) is 3. The molecule has 0 unspecified atom stereocenters. The summed E-state index contributed by atoms with van der Waals surface area (Å²) in [6.07, 6.45) is 7.42. The van der Waals surface area contributed by atoms with Gasteiger partial charge in [-0.15, -0.1) is 5.10 Å². The molecule has 1 aromatic heterocycles. The van der Waals surface area contributed by atoms with Crippen LogP contribution in [0.1, 0.15) is 18.4 Å². The van der Waals surface area contributed by atoms with Gasteiger partial charge < -0.3 is 25.0 Å². The molecular weight excluding hydrogens is 418 g/mol. The summed E-state index contributed by atoms with van der Waals surface area (Å²) >= 11 is 0. The number of benzene rings is 2. The van der Waals surface area contributed by atoms with Gasteiger partial charge in [-0.1, -0.05) is 6.07 Å². The van der Waals surface area contributed by atoms with Crippen molar-refractivity contribution in [3.05, 3.63) is 66.4 Å². The van der Waals surface area contributed by atoms with Crippen molar-refractivity contribution >= 4 is 34.9 Å². The van der Waals surface area contributed by atoms with Gasteiger partial charge in [0.1, 0.15) is 0 Å². The number of ether oxygens (including phenoxy) is 2. The van der Waals surface area contributed by atoms with Crippen LogP contribution in [0.4, 0.5) is 22.9 Å². The van der Waals surface area contributed by atoms with Crippen LogP contribution in [0, 0.1) is 0 Å². The van der Waals surface area contributed by atoms with Gasteiger partial charge in [-0.05, 0) is 60.9 Å². The Balaban J connectivity index is 1.34. The molecule has 1 aliphatic rings.